The molecule has 0 unspecified atom stereocenters. The van der Waals surface area contributed by atoms with Crippen LogP contribution in [0.2, 0.25) is 0 Å². The lowest BCUT2D eigenvalue weighted by molar-refractivity contribution is 0.584. The number of rotatable bonds is 6. The van der Waals surface area contributed by atoms with E-state index in [4.69, 9.17) is 0 Å². The van der Waals surface area contributed by atoms with E-state index in [0.717, 1.165) is 5.75 Å². The topological polar surface area (TPSA) is 46.2 Å². The summed E-state index contributed by atoms with van der Waals surface area (Å²) in [5, 5.41) is 3.21. The van der Waals surface area contributed by atoms with E-state index in [1.807, 2.05) is 11.8 Å². The standard InChI is InChI=1S/C10H23NO2S2/c1-9(8-14-10(2,3)4)11-6-7-15(5,12)13/h9,11H,6-8H2,1-5H3/t9-/m0/s1. The summed E-state index contributed by atoms with van der Waals surface area (Å²) >= 11 is 1.89. The minimum absolute atomic E-state index is 0.220. The highest BCUT2D eigenvalue weighted by Crippen LogP contribution is 2.23. The summed E-state index contributed by atoms with van der Waals surface area (Å²) in [5.41, 5.74) is 0. The number of nitrogens with one attached hydrogen (secondary N) is 1. The van der Waals surface area contributed by atoms with Gasteiger partial charge in [-0.2, -0.15) is 11.8 Å². The third kappa shape index (κ3) is 12.2. The SMILES string of the molecule is C[C@@H](CSC(C)(C)C)NCCS(C)(=O)=O. The van der Waals surface area contributed by atoms with Crippen LogP contribution in [0.15, 0.2) is 0 Å². The smallest absolute Gasteiger partial charge is 0.148 e. The summed E-state index contributed by atoms with van der Waals surface area (Å²) in [6.07, 6.45) is 1.27. The van der Waals surface area contributed by atoms with E-state index in [-0.39, 0.29) is 10.5 Å². The Kier molecular flexibility index (Phi) is 6.21. The van der Waals surface area contributed by atoms with Gasteiger partial charge < -0.3 is 5.32 Å². The Morgan fingerprint density at radius 1 is 1.33 bits per heavy atom. The zero-order valence-corrected chi connectivity index (χ0v) is 12.0. The molecule has 0 amide bonds. The lowest BCUT2D eigenvalue weighted by Gasteiger charge is -2.21. The molecule has 0 heterocycles. The average Bonchev–Trinajstić information content (AvgIpc) is 1.97. The molecule has 0 aliphatic carbocycles. The molecule has 0 rings (SSSR count). The number of hydrogen-bond donors (Lipinski definition) is 1. The van der Waals surface area contributed by atoms with E-state index >= 15 is 0 Å². The van der Waals surface area contributed by atoms with Crippen molar-refractivity contribution < 1.29 is 8.42 Å². The maximum Gasteiger partial charge on any atom is 0.148 e. The van der Waals surface area contributed by atoms with Crippen LogP contribution in [0.25, 0.3) is 0 Å². The first-order chi connectivity index (χ1) is 6.60. The first kappa shape index (κ1) is 15.3. The van der Waals surface area contributed by atoms with Crippen LogP contribution in [0.3, 0.4) is 0 Å². The van der Waals surface area contributed by atoms with Gasteiger partial charge in [0.15, 0.2) is 0 Å². The highest BCUT2D eigenvalue weighted by molar-refractivity contribution is 8.00. The third-order valence-corrected chi connectivity index (χ3v) is 4.21. The van der Waals surface area contributed by atoms with Crippen molar-refractivity contribution in [3.05, 3.63) is 0 Å². The van der Waals surface area contributed by atoms with Gasteiger partial charge >= 0.3 is 0 Å². The molecule has 3 nitrogen and oxygen atoms in total. The summed E-state index contributed by atoms with van der Waals surface area (Å²) in [4.78, 5) is 0. The fraction of sp³-hybridized carbons (Fsp3) is 1.00. The van der Waals surface area contributed by atoms with Gasteiger partial charge in [0, 0.05) is 29.3 Å². The van der Waals surface area contributed by atoms with Crippen molar-refractivity contribution in [3.8, 4) is 0 Å². The summed E-state index contributed by atoms with van der Waals surface area (Å²) in [5.74, 6) is 1.23. The van der Waals surface area contributed by atoms with E-state index in [1.54, 1.807) is 0 Å². The zero-order valence-electron chi connectivity index (χ0n) is 10.3. The van der Waals surface area contributed by atoms with Gasteiger partial charge in [-0.1, -0.05) is 20.8 Å². The quantitative estimate of drug-likeness (QED) is 0.780. The van der Waals surface area contributed by atoms with Crippen molar-refractivity contribution in [3.63, 3.8) is 0 Å². The minimum atomic E-state index is -2.83. The lowest BCUT2D eigenvalue weighted by Crippen LogP contribution is -2.33. The average molecular weight is 253 g/mol. The number of sulfone groups is 1. The number of hydrogen-bond acceptors (Lipinski definition) is 4. The van der Waals surface area contributed by atoms with E-state index in [0.29, 0.717) is 12.6 Å². The van der Waals surface area contributed by atoms with Crippen molar-refractivity contribution in [1.82, 2.24) is 5.32 Å². The Labute approximate surface area is 98.3 Å². The van der Waals surface area contributed by atoms with Crippen LogP contribution in [0.4, 0.5) is 0 Å². The second-order valence-corrected chi connectivity index (χ2v) is 9.01. The Bertz CT molecular complexity index is 268. The van der Waals surface area contributed by atoms with Gasteiger partial charge in [-0.15, -0.1) is 0 Å². The van der Waals surface area contributed by atoms with Gasteiger partial charge in [0.05, 0.1) is 5.75 Å². The molecule has 0 spiro atoms. The molecule has 5 heteroatoms. The molecule has 1 atom stereocenters. The third-order valence-electron chi connectivity index (χ3n) is 1.73. The molecule has 0 aliphatic rings. The molecule has 0 aliphatic heterocycles. The zero-order chi connectivity index (χ0) is 12.1. The molecule has 0 radical (unpaired) electrons. The molecule has 0 saturated heterocycles. The van der Waals surface area contributed by atoms with Crippen molar-refractivity contribution in [2.75, 3.05) is 24.3 Å². The predicted octanol–water partition coefficient (Wildman–Crippen LogP) is 1.54. The van der Waals surface area contributed by atoms with Crippen LogP contribution in [0.5, 0.6) is 0 Å². The van der Waals surface area contributed by atoms with E-state index in [9.17, 15) is 8.42 Å². The molecule has 0 aromatic rings. The molecular weight excluding hydrogens is 230 g/mol. The molecule has 0 aromatic heterocycles. The van der Waals surface area contributed by atoms with E-state index < -0.39 is 9.84 Å². The van der Waals surface area contributed by atoms with Crippen LogP contribution in [-0.4, -0.2) is 43.5 Å². The van der Waals surface area contributed by atoms with Gasteiger partial charge in [-0.3, -0.25) is 0 Å². The monoisotopic (exact) mass is 253 g/mol. The van der Waals surface area contributed by atoms with Crippen LogP contribution >= 0.6 is 11.8 Å². The maximum atomic E-state index is 10.9. The first-order valence-electron chi connectivity index (χ1n) is 5.15. The fourth-order valence-electron chi connectivity index (χ4n) is 0.925. The molecule has 1 N–H and O–H groups in total. The summed E-state index contributed by atoms with van der Waals surface area (Å²) in [6.45, 7) is 9.17. The summed E-state index contributed by atoms with van der Waals surface area (Å²) in [7, 11) is -2.83. The molecule has 0 bridgehead atoms. The Hall–Kier alpha value is 0.260. The van der Waals surface area contributed by atoms with Crippen molar-refractivity contribution in [2.24, 2.45) is 0 Å². The molecule has 0 aromatic carbocycles. The normalized spacial score (nSPS) is 15.3. The van der Waals surface area contributed by atoms with E-state index in [2.05, 4.69) is 33.0 Å². The van der Waals surface area contributed by atoms with Crippen LogP contribution in [0, 0.1) is 0 Å². The first-order valence-corrected chi connectivity index (χ1v) is 8.20. The highest BCUT2D eigenvalue weighted by Gasteiger charge is 2.12. The predicted molar refractivity (Wildman–Crippen MR) is 69.4 cm³/mol. The second kappa shape index (κ2) is 6.11. The maximum absolute atomic E-state index is 10.9. The Morgan fingerprint density at radius 2 is 1.87 bits per heavy atom. The second-order valence-electron chi connectivity index (χ2n) is 4.91. The van der Waals surface area contributed by atoms with Crippen LogP contribution < -0.4 is 5.32 Å². The van der Waals surface area contributed by atoms with Gasteiger partial charge in [0.2, 0.25) is 0 Å². The van der Waals surface area contributed by atoms with Crippen LogP contribution in [0.1, 0.15) is 27.7 Å². The van der Waals surface area contributed by atoms with Gasteiger partial charge in [0.25, 0.3) is 0 Å². The van der Waals surface area contributed by atoms with E-state index in [1.165, 1.54) is 6.26 Å². The highest BCUT2D eigenvalue weighted by atomic mass is 32.2. The number of thioether (sulfide) groups is 1. The molecule has 15 heavy (non-hydrogen) atoms. The largest absolute Gasteiger partial charge is 0.312 e. The van der Waals surface area contributed by atoms with Crippen molar-refractivity contribution >= 4 is 21.6 Å². The van der Waals surface area contributed by atoms with Crippen molar-refractivity contribution in [2.45, 2.75) is 38.5 Å². The van der Waals surface area contributed by atoms with Gasteiger partial charge in [0.1, 0.15) is 9.84 Å². The summed E-state index contributed by atoms with van der Waals surface area (Å²) < 4.78 is 22.0. The molecule has 92 valence electrons. The Balaban J connectivity index is 3.63. The van der Waals surface area contributed by atoms with Crippen molar-refractivity contribution in [1.29, 1.82) is 0 Å². The lowest BCUT2D eigenvalue weighted by atomic mass is 10.3. The van der Waals surface area contributed by atoms with Gasteiger partial charge in [-0.25, -0.2) is 8.42 Å². The van der Waals surface area contributed by atoms with Gasteiger partial charge in [-0.05, 0) is 6.92 Å². The molecule has 0 fully saturated rings. The Morgan fingerprint density at radius 3 is 2.27 bits per heavy atom. The molecular formula is C10H23NO2S2. The van der Waals surface area contributed by atoms with Crippen LogP contribution in [-0.2, 0) is 9.84 Å². The summed E-state index contributed by atoms with van der Waals surface area (Å²) in [6, 6.07) is 0.357. The fourth-order valence-corrected chi connectivity index (χ4v) is 2.28. The molecule has 0 saturated carbocycles. The minimum Gasteiger partial charge on any atom is -0.312 e.